The predicted molar refractivity (Wildman–Crippen MR) is 119 cm³/mol. The van der Waals surface area contributed by atoms with Gasteiger partial charge in [0.05, 0.1) is 6.54 Å². The Kier molecular flexibility index (Phi) is 8.74. The van der Waals surface area contributed by atoms with Crippen LogP contribution < -0.4 is 10.6 Å². The van der Waals surface area contributed by atoms with Crippen LogP contribution in [0.15, 0.2) is 36.5 Å². The van der Waals surface area contributed by atoms with Crippen molar-refractivity contribution in [3.05, 3.63) is 69.4 Å². The van der Waals surface area contributed by atoms with Gasteiger partial charge in [-0.25, -0.2) is 0 Å². The molecule has 0 unspecified atom stereocenters. The van der Waals surface area contributed by atoms with E-state index in [1.54, 1.807) is 0 Å². The fourth-order valence-corrected chi connectivity index (χ4v) is 2.97. The molecular weight excluding hydrogens is 340 g/mol. The van der Waals surface area contributed by atoms with Gasteiger partial charge in [-0.2, -0.15) is 0 Å². The number of benzene rings is 2. The highest BCUT2D eigenvalue weighted by molar-refractivity contribution is 6.31. The third-order valence-corrected chi connectivity index (χ3v) is 4.82. The Morgan fingerprint density at radius 2 is 1.62 bits per heavy atom. The summed E-state index contributed by atoms with van der Waals surface area (Å²) in [5.74, 6) is 0. The largest absolute Gasteiger partial charge is 0.379 e. The molecule has 2 N–H and O–H groups in total. The average Bonchev–Trinajstić information content (AvgIpc) is 2.62. The molecule has 0 spiro atoms. The zero-order chi connectivity index (χ0) is 19.9. The quantitative estimate of drug-likeness (QED) is 0.560. The second-order valence-electron chi connectivity index (χ2n) is 6.44. The van der Waals surface area contributed by atoms with Crippen molar-refractivity contribution in [2.24, 2.45) is 0 Å². The summed E-state index contributed by atoms with van der Waals surface area (Å²) in [4.78, 5) is 0. The van der Waals surface area contributed by atoms with E-state index < -0.39 is 0 Å². The van der Waals surface area contributed by atoms with Crippen LogP contribution in [0.1, 0.15) is 48.6 Å². The maximum atomic E-state index is 6.32. The van der Waals surface area contributed by atoms with Crippen molar-refractivity contribution in [3.8, 4) is 0 Å². The number of rotatable bonds is 6. The number of aryl methyl sites for hydroxylation is 3. The number of anilines is 2. The predicted octanol–water partition coefficient (Wildman–Crippen LogP) is 7.20. The van der Waals surface area contributed by atoms with Crippen molar-refractivity contribution in [3.63, 3.8) is 0 Å². The smallest absolute Gasteiger partial charge is 0.0545 e. The third-order valence-electron chi connectivity index (χ3n) is 4.43. The van der Waals surface area contributed by atoms with Crippen LogP contribution in [-0.4, -0.2) is 6.54 Å². The van der Waals surface area contributed by atoms with E-state index in [1.807, 2.05) is 26.8 Å². The summed E-state index contributed by atoms with van der Waals surface area (Å²) in [5, 5.41) is 7.68. The van der Waals surface area contributed by atoms with E-state index in [1.165, 1.54) is 22.3 Å². The Morgan fingerprint density at radius 1 is 0.962 bits per heavy atom. The van der Waals surface area contributed by atoms with Crippen molar-refractivity contribution in [1.29, 1.82) is 0 Å². The number of halogens is 1. The van der Waals surface area contributed by atoms with Gasteiger partial charge >= 0.3 is 0 Å². The number of hydrogen-bond acceptors (Lipinski definition) is 2. The van der Waals surface area contributed by atoms with E-state index in [-0.39, 0.29) is 0 Å². The molecule has 0 aliphatic carbocycles. The molecule has 142 valence electrons. The Labute approximate surface area is 164 Å². The summed E-state index contributed by atoms with van der Waals surface area (Å²) < 4.78 is 0. The summed E-state index contributed by atoms with van der Waals surface area (Å²) in [6.45, 7) is 19.4. The SMILES string of the molecule is C=C(CNc1cc(C)cc(C)c1C)Nc1cc(CC)cc(Cl)c1C.CC. The van der Waals surface area contributed by atoms with Gasteiger partial charge in [-0.05, 0) is 80.1 Å². The summed E-state index contributed by atoms with van der Waals surface area (Å²) in [7, 11) is 0. The fraction of sp³-hybridized carbons (Fsp3) is 0.391. The Hall–Kier alpha value is -1.93. The first kappa shape index (κ1) is 22.1. The Morgan fingerprint density at radius 3 is 2.23 bits per heavy atom. The monoisotopic (exact) mass is 372 g/mol. The second kappa shape index (κ2) is 10.3. The van der Waals surface area contributed by atoms with Gasteiger partial charge in [0.1, 0.15) is 0 Å². The van der Waals surface area contributed by atoms with Crippen molar-refractivity contribution in [1.82, 2.24) is 0 Å². The van der Waals surface area contributed by atoms with Crippen molar-refractivity contribution in [2.75, 3.05) is 17.2 Å². The first-order chi connectivity index (χ1) is 12.3. The number of nitrogens with one attached hydrogen (secondary N) is 2. The lowest BCUT2D eigenvalue weighted by Crippen LogP contribution is -2.12. The molecule has 2 rings (SSSR count). The highest BCUT2D eigenvalue weighted by Gasteiger charge is 2.07. The minimum Gasteiger partial charge on any atom is -0.379 e. The molecule has 2 aromatic rings. The molecule has 0 aliphatic rings. The highest BCUT2D eigenvalue weighted by atomic mass is 35.5. The topological polar surface area (TPSA) is 24.1 Å². The molecule has 0 aromatic heterocycles. The molecule has 3 heteroatoms. The molecule has 0 radical (unpaired) electrons. The zero-order valence-electron chi connectivity index (χ0n) is 17.3. The molecular formula is C23H33ClN2. The van der Waals surface area contributed by atoms with Gasteiger partial charge in [-0.15, -0.1) is 0 Å². The molecule has 2 aromatic carbocycles. The van der Waals surface area contributed by atoms with Crippen LogP contribution in [0.5, 0.6) is 0 Å². The molecule has 2 nitrogen and oxygen atoms in total. The van der Waals surface area contributed by atoms with Gasteiger partial charge in [0.25, 0.3) is 0 Å². The lowest BCUT2D eigenvalue weighted by Gasteiger charge is -2.17. The molecule has 0 fully saturated rings. The molecule has 0 amide bonds. The van der Waals surface area contributed by atoms with E-state index in [0.717, 1.165) is 34.1 Å². The van der Waals surface area contributed by atoms with E-state index >= 15 is 0 Å². The zero-order valence-corrected chi connectivity index (χ0v) is 18.1. The molecule has 0 saturated carbocycles. The second-order valence-corrected chi connectivity index (χ2v) is 6.85. The maximum Gasteiger partial charge on any atom is 0.0545 e. The molecule has 26 heavy (non-hydrogen) atoms. The van der Waals surface area contributed by atoms with Crippen LogP contribution in [0.3, 0.4) is 0 Å². The standard InChI is InChI=1S/C21H27ClN2.C2H6/c1-7-18-10-19(22)17(6)21(11-18)24-15(4)12-23-20-9-13(2)8-14(3)16(20)5;1-2/h8-11,23-24H,4,7,12H2,1-3,5-6H3;1-2H3. The molecule has 0 atom stereocenters. The summed E-state index contributed by atoms with van der Waals surface area (Å²) >= 11 is 6.32. The number of hydrogen-bond donors (Lipinski definition) is 2. The first-order valence-electron chi connectivity index (χ1n) is 9.37. The van der Waals surface area contributed by atoms with Crippen molar-refractivity contribution in [2.45, 2.75) is 54.9 Å². The van der Waals surface area contributed by atoms with Crippen LogP contribution >= 0.6 is 11.6 Å². The van der Waals surface area contributed by atoms with Crippen LogP contribution in [0, 0.1) is 27.7 Å². The molecule has 0 aliphatic heterocycles. The normalized spacial score (nSPS) is 10.0. The Bertz CT molecular complexity index is 763. The van der Waals surface area contributed by atoms with E-state index in [4.69, 9.17) is 11.6 Å². The van der Waals surface area contributed by atoms with Gasteiger partial charge < -0.3 is 10.6 Å². The van der Waals surface area contributed by atoms with Gasteiger partial charge in [-0.3, -0.25) is 0 Å². The van der Waals surface area contributed by atoms with Gasteiger partial charge in [0, 0.05) is 22.1 Å². The van der Waals surface area contributed by atoms with Gasteiger partial charge in [0.2, 0.25) is 0 Å². The lowest BCUT2D eigenvalue weighted by atomic mass is 10.0. The van der Waals surface area contributed by atoms with Crippen LogP contribution in [0.4, 0.5) is 11.4 Å². The summed E-state index contributed by atoms with van der Waals surface area (Å²) in [6, 6.07) is 8.56. The van der Waals surface area contributed by atoms with E-state index in [2.05, 4.69) is 63.1 Å². The first-order valence-corrected chi connectivity index (χ1v) is 9.75. The van der Waals surface area contributed by atoms with Gasteiger partial charge in [-0.1, -0.05) is 45.0 Å². The fourth-order valence-electron chi connectivity index (χ4n) is 2.73. The molecule has 0 bridgehead atoms. The maximum absolute atomic E-state index is 6.32. The molecule has 0 saturated heterocycles. The van der Waals surface area contributed by atoms with Gasteiger partial charge in [0.15, 0.2) is 0 Å². The van der Waals surface area contributed by atoms with E-state index in [9.17, 15) is 0 Å². The Balaban J connectivity index is 0.00000163. The van der Waals surface area contributed by atoms with Crippen molar-refractivity contribution >= 4 is 23.0 Å². The highest BCUT2D eigenvalue weighted by Crippen LogP contribution is 2.27. The summed E-state index contributed by atoms with van der Waals surface area (Å²) in [5.41, 5.74) is 9.22. The van der Waals surface area contributed by atoms with E-state index in [0.29, 0.717) is 6.54 Å². The van der Waals surface area contributed by atoms with Crippen molar-refractivity contribution < 1.29 is 0 Å². The van der Waals surface area contributed by atoms with Crippen LogP contribution in [0.2, 0.25) is 5.02 Å². The average molecular weight is 373 g/mol. The third kappa shape index (κ3) is 5.81. The minimum atomic E-state index is 0.664. The molecule has 0 heterocycles. The van der Waals surface area contributed by atoms with Crippen LogP contribution in [-0.2, 0) is 6.42 Å². The summed E-state index contributed by atoms with van der Waals surface area (Å²) in [6.07, 6.45) is 0.959. The minimum absolute atomic E-state index is 0.664. The lowest BCUT2D eigenvalue weighted by molar-refractivity contribution is 1.13. The van der Waals surface area contributed by atoms with Crippen LogP contribution in [0.25, 0.3) is 0 Å².